The highest BCUT2D eigenvalue weighted by molar-refractivity contribution is 5.61. The Kier molecular flexibility index (Phi) is 4.54. The summed E-state index contributed by atoms with van der Waals surface area (Å²) in [5.74, 6) is 2.57. The molecule has 3 atom stereocenters. The largest absolute Gasteiger partial charge is 0.513 e. The van der Waals surface area contributed by atoms with E-state index in [1.807, 2.05) is 0 Å². The fourth-order valence-corrected chi connectivity index (χ4v) is 2.99. The third-order valence-corrected chi connectivity index (χ3v) is 4.46. The highest BCUT2D eigenvalue weighted by atomic mass is 16.7. The van der Waals surface area contributed by atoms with Gasteiger partial charge in [0.2, 0.25) is 0 Å². The van der Waals surface area contributed by atoms with Gasteiger partial charge >= 0.3 is 6.16 Å². The van der Waals surface area contributed by atoms with E-state index in [1.54, 1.807) is 0 Å². The summed E-state index contributed by atoms with van der Waals surface area (Å²) in [7, 11) is 0. The number of ether oxygens (including phenoxy) is 2. The average Bonchev–Trinajstić information content (AvgIpc) is 3.11. The van der Waals surface area contributed by atoms with Crippen molar-refractivity contribution in [2.75, 3.05) is 0 Å². The molecule has 3 heteroatoms. The van der Waals surface area contributed by atoms with Crippen LogP contribution in [-0.2, 0) is 9.47 Å². The predicted octanol–water partition coefficient (Wildman–Crippen LogP) is 4.52. The molecule has 0 aromatic heterocycles. The van der Waals surface area contributed by atoms with Crippen molar-refractivity contribution in [3.63, 3.8) is 0 Å². The Morgan fingerprint density at radius 3 is 2.47 bits per heavy atom. The molecular weight excluding hydrogens is 240 g/mol. The molecule has 3 unspecified atom stereocenters. The van der Waals surface area contributed by atoms with Crippen LogP contribution in [0.25, 0.3) is 0 Å². The number of hydrogen-bond acceptors (Lipinski definition) is 3. The lowest BCUT2D eigenvalue weighted by Gasteiger charge is -2.36. The summed E-state index contributed by atoms with van der Waals surface area (Å²) in [6, 6.07) is 0. The van der Waals surface area contributed by atoms with Crippen LogP contribution in [0.2, 0.25) is 0 Å². The van der Waals surface area contributed by atoms with Gasteiger partial charge in [-0.1, -0.05) is 33.8 Å². The third-order valence-electron chi connectivity index (χ3n) is 4.46. The van der Waals surface area contributed by atoms with Crippen LogP contribution in [0.5, 0.6) is 0 Å². The number of rotatable bonds is 4. The Labute approximate surface area is 116 Å². The van der Waals surface area contributed by atoms with Crippen LogP contribution in [-0.4, -0.2) is 12.3 Å². The molecule has 0 aromatic carbocycles. The highest BCUT2D eigenvalue weighted by Gasteiger charge is 2.35. The molecule has 0 bridgehead atoms. The van der Waals surface area contributed by atoms with Crippen molar-refractivity contribution in [3.8, 4) is 0 Å². The van der Waals surface area contributed by atoms with Crippen LogP contribution in [0.3, 0.4) is 0 Å². The quantitative estimate of drug-likeness (QED) is 0.554. The van der Waals surface area contributed by atoms with Crippen molar-refractivity contribution >= 4 is 6.16 Å². The van der Waals surface area contributed by atoms with Crippen LogP contribution in [0.1, 0.15) is 52.9 Å². The summed E-state index contributed by atoms with van der Waals surface area (Å²) in [4.78, 5) is 11.8. The van der Waals surface area contributed by atoms with Crippen molar-refractivity contribution in [3.05, 3.63) is 12.3 Å². The first-order valence-electron chi connectivity index (χ1n) is 7.54. The second kappa shape index (κ2) is 5.98. The van der Waals surface area contributed by atoms with Gasteiger partial charge in [0.05, 0.1) is 0 Å². The minimum Gasteiger partial charge on any atom is -0.430 e. The topological polar surface area (TPSA) is 35.5 Å². The Morgan fingerprint density at radius 2 is 1.89 bits per heavy atom. The molecule has 0 aliphatic heterocycles. The first kappa shape index (κ1) is 14.4. The van der Waals surface area contributed by atoms with Crippen molar-refractivity contribution in [2.24, 2.45) is 23.7 Å². The fourth-order valence-electron chi connectivity index (χ4n) is 2.99. The van der Waals surface area contributed by atoms with Crippen LogP contribution in [0.15, 0.2) is 12.3 Å². The van der Waals surface area contributed by atoms with E-state index in [2.05, 4.69) is 27.4 Å². The molecule has 2 aliphatic carbocycles. The molecule has 0 radical (unpaired) electrons. The summed E-state index contributed by atoms with van der Waals surface area (Å²) in [5.41, 5.74) is 0. The molecule has 3 nitrogen and oxygen atoms in total. The average molecular weight is 266 g/mol. The number of carbonyl (C=O) groups excluding carboxylic acids is 1. The van der Waals surface area contributed by atoms with Crippen molar-refractivity contribution in [1.82, 2.24) is 0 Å². The fraction of sp³-hybridized carbons (Fsp3) is 0.812. The SMILES string of the molecule is C=C(OC(=O)OC1CC(C)CCC1C(C)C)C1CC1. The smallest absolute Gasteiger partial charge is 0.430 e. The monoisotopic (exact) mass is 266 g/mol. The van der Waals surface area contributed by atoms with E-state index in [0.717, 1.165) is 25.7 Å². The first-order valence-corrected chi connectivity index (χ1v) is 7.54. The number of carbonyl (C=O) groups is 1. The lowest BCUT2D eigenvalue weighted by atomic mass is 9.75. The van der Waals surface area contributed by atoms with Gasteiger partial charge in [0.25, 0.3) is 0 Å². The zero-order chi connectivity index (χ0) is 14.0. The van der Waals surface area contributed by atoms with Gasteiger partial charge in [-0.25, -0.2) is 4.79 Å². The van der Waals surface area contributed by atoms with E-state index in [4.69, 9.17) is 9.47 Å². The van der Waals surface area contributed by atoms with Crippen LogP contribution < -0.4 is 0 Å². The molecule has 0 aromatic rings. The van der Waals surface area contributed by atoms with Crippen LogP contribution >= 0.6 is 0 Å². The molecule has 2 fully saturated rings. The van der Waals surface area contributed by atoms with Gasteiger partial charge in [-0.05, 0) is 43.4 Å². The minimum absolute atomic E-state index is 0.00301. The Hall–Kier alpha value is -0.990. The van der Waals surface area contributed by atoms with E-state index in [0.29, 0.717) is 29.4 Å². The molecule has 2 aliphatic rings. The molecule has 0 N–H and O–H groups in total. The minimum atomic E-state index is -0.554. The van der Waals surface area contributed by atoms with Gasteiger partial charge in [-0.2, -0.15) is 0 Å². The molecule has 0 amide bonds. The summed E-state index contributed by atoms with van der Waals surface area (Å²) < 4.78 is 10.7. The predicted molar refractivity (Wildman–Crippen MR) is 74.6 cm³/mol. The molecular formula is C16H26O3. The van der Waals surface area contributed by atoms with E-state index in [-0.39, 0.29) is 6.10 Å². The van der Waals surface area contributed by atoms with Gasteiger partial charge in [0.15, 0.2) is 0 Å². The van der Waals surface area contributed by atoms with Crippen LogP contribution in [0.4, 0.5) is 4.79 Å². The van der Waals surface area contributed by atoms with Crippen molar-refractivity contribution in [2.45, 2.75) is 59.0 Å². The molecule has 2 rings (SSSR count). The molecule has 19 heavy (non-hydrogen) atoms. The van der Waals surface area contributed by atoms with Gasteiger partial charge < -0.3 is 9.47 Å². The Morgan fingerprint density at radius 1 is 1.21 bits per heavy atom. The third kappa shape index (κ3) is 3.99. The van der Waals surface area contributed by atoms with E-state index >= 15 is 0 Å². The Balaban J connectivity index is 1.86. The maximum atomic E-state index is 11.8. The zero-order valence-electron chi connectivity index (χ0n) is 12.4. The Bertz CT molecular complexity index is 344. The molecule has 0 saturated heterocycles. The maximum absolute atomic E-state index is 11.8. The van der Waals surface area contributed by atoms with Gasteiger partial charge in [0, 0.05) is 5.92 Å². The van der Waals surface area contributed by atoms with Gasteiger partial charge in [-0.3, -0.25) is 0 Å². The van der Waals surface area contributed by atoms with Crippen molar-refractivity contribution in [1.29, 1.82) is 0 Å². The molecule has 2 saturated carbocycles. The van der Waals surface area contributed by atoms with E-state index in [1.165, 1.54) is 6.42 Å². The van der Waals surface area contributed by atoms with E-state index in [9.17, 15) is 4.79 Å². The highest BCUT2D eigenvalue weighted by Crippen LogP contribution is 2.38. The first-order chi connectivity index (χ1) is 8.97. The maximum Gasteiger partial charge on any atom is 0.513 e. The van der Waals surface area contributed by atoms with Crippen molar-refractivity contribution < 1.29 is 14.3 Å². The molecule has 108 valence electrons. The number of allylic oxidation sites excluding steroid dienone is 1. The molecule has 0 spiro atoms. The molecule has 0 heterocycles. The second-order valence-electron chi connectivity index (χ2n) is 6.58. The van der Waals surface area contributed by atoms with Gasteiger partial charge in [0.1, 0.15) is 11.9 Å². The van der Waals surface area contributed by atoms with Crippen LogP contribution in [0, 0.1) is 23.7 Å². The lowest BCUT2D eigenvalue weighted by Crippen LogP contribution is -2.36. The number of hydrogen-bond donors (Lipinski definition) is 0. The normalized spacial score (nSPS) is 31.1. The summed E-state index contributed by atoms with van der Waals surface area (Å²) in [5, 5.41) is 0. The summed E-state index contributed by atoms with van der Waals surface area (Å²) in [6.07, 6.45) is 4.94. The summed E-state index contributed by atoms with van der Waals surface area (Å²) in [6.45, 7) is 10.4. The lowest BCUT2D eigenvalue weighted by molar-refractivity contribution is -0.0238. The second-order valence-corrected chi connectivity index (χ2v) is 6.58. The zero-order valence-corrected chi connectivity index (χ0v) is 12.4. The van der Waals surface area contributed by atoms with Gasteiger partial charge in [-0.15, -0.1) is 0 Å². The summed E-state index contributed by atoms with van der Waals surface area (Å²) >= 11 is 0. The standard InChI is InChI=1S/C16H26O3/c1-10(2)14-8-5-11(3)9-15(14)19-16(17)18-12(4)13-6-7-13/h10-11,13-15H,4-9H2,1-3H3. The van der Waals surface area contributed by atoms with E-state index < -0.39 is 6.16 Å².